The van der Waals surface area contributed by atoms with Crippen LogP contribution in [0.15, 0.2) is 158 Å². The van der Waals surface area contributed by atoms with Gasteiger partial charge in [0, 0.05) is 74.4 Å². The van der Waals surface area contributed by atoms with Gasteiger partial charge in [0.05, 0.1) is 22.7 Å². The van der Waals surface area contributed by atoms with Crippen LogP contribution in [0.25, 0.3) is 22.3 Å². The summed E-state index contributed by atoms with van der Waals surface area (Å²) >= 11 is 0.0833. The minimum absolute atomic E-state index is 0.0833. The molecule has 0 saturated carbocycles. The zero-order valence-electron chi connectivity index (χ0n) is 51.3. The van der Waals surface area contributed by atoms with Crippen LogP contribution in [0.4, 0.5) is 45.5 Å². The Kier molecular flexibility index (Phi) is 23.0. The molecule has 8 aromatic rings. The molecule has 424 valence electrons. The molecule has 0 aliphatic rings. The third kappa shape index (κ3) is 17.2. The van der Waals surface area contributed by atoms with Crippen molar-refractivity contribution in [3.05, 3.63) is 202 Å². The van der Waals surface area contributed by atoms with Gasteiger partial charge >= 0.3 is 32.3 Å². The van der Waals surface area contributed by atoms with E-state index < -0.39 is 0 Å². The molecular weight excluding hydrogens is 1160 g/mol. The average molecular weight is 1250 g/mol. The van der Waals surface area contributed by atoms with Gasteiger partial charge in [-0.05, 0) is 159 Å². The molecule has 8 rings (SSSR count). The van der Waals surface area contributed by atoms with Crippen LogP contribution in [0.1, 0.15) is 98.9 Å². The number of hydrogen-bond donors (Lipinski definition) is 2. The first kappa shape index (κ1) is 63.5. The van der Waals surface area contributed by atoms with E-state index in [0.717, 1.165) is 116 Å². The fourth-order valence-electron chi connectivity index (χ4n) is 9.94. The van der Waals surface area contributed by atoms with Crippen molar-refractivity contribution in [3.8, 4) is 33.8 Å². The molecule has 8 nitrogen and oxygen atoms in total. The monoisotopic (exact) mass is 1250 g/mol. The molecule has 0 aliphatic heterocycles. The van der Waals surface area contributed by atoms with Crippen LogP contribution in [0.5, 0.6) is 11.5 Å². The molecular formula is C72H88HfN4O4. The van der Waals surface area contributed by atoms with Crippen molar-refractivity contribution >= 4 is 45.5 Å². The summed E-state index contributed by atoms with van der Waals surface area (Å²) < 4.78 is 15.5. The van der Waals surface area contributed by atoms with E-state index in [9.17, 15) is 10.2 Å². The van der Waals surface area contributed by atoms with Crippen molar-refractivity contribution in [2.75, 3.05) is 61.0 Å². The van der Waals surface area contributed by atoms with E-state index >= 15 is 0 Å². The number of anilines is 8. The fourth-order valence-corrected chi connectivity index (χ4v) is 9.94. The quantitative estimate of drug-likeness (QED) is 0.0648. The van der Waals surface area contributed by atoms with Crippen molar-refractivity contribution in [1.82, 2.24) is 0 Å². The van der Waals surface area contributed by atoms with Crippen molar-refractivity contribution in [3.63, 3.8) is 0 Å². The first-order valence-electron chi connectivity index (χ1n) is 28.4. The number of hydrogen-bond acceptors (Lipinski definition) is 8. The van der Waals surface area contributed by atoms with Crippen LogP contribution in [0.2, 0.25) is 9.36 Å². The van der Waals surface area contributed by atoms with Crippen LogP contribution in [0.3, 0.4) is 0 Å². The molecule has 0 radical (unpaired) electrons. The summed E-state index contributed by atoms with van der Waals surface area (Å²) in [5.74, 6) is 0.194. The number of methoxy groups -OCH3 is 2. The molecule has 8 aromatic carbocycles. The molecule has 0 bridgehead atoms. The number of nitrogens with zero attached hydrogens (tertiary/aromatic N) is 2. The van der Waals surface area contributed by atoms with Crippen LogP contribution >= 0.6 is 0 Å². The molecule has 2 N–H and O–H groups in total. The molecule has 9 heteroatoms. The van der Waals surface area contributed by atoms with E-state index in [4.69, 9.17) is 9.47 Å². The summed E-state index contributed by atoms with van der Waals surface area (Å²) in [6.07, 6.45) is 1.68. The van der Waals surface area contributed by atoms with Crippen LogP contribution in [-0.2, 0) is 43.2 Å². The Morgan fingerprint density at radius 2 is 0.741 bits per heavy atom. The van der Waals surface area contributed by atoms with Gasteiger partial charge in [-0.3, -0.25) is 0 Å². The van der Waals surface area contributed by atoms with E-state index in [0.29, 0.717) is 13.2 Å². The van der Waals surface area contributed by atoms with Gasteiger partial charge in [0.1, 0.15) is 0 Å². The van der Waals surface area contributed by atoms with E-state index in [1.165, 1.54) is 22.3 Å². The standard InChI is InChI=1S/2C35H42N2O2.2CH3.Hf/c2*1-24-13-16-27(17-14-24)36-31-18-15-25(2)23-33(31)37(19-10-20-39-7)32-12-9-8-11-28(32)29-21-26(3)22-30(34(29)38)35(4,5)6;;;/h2*8-9,11-18,21-23,36,38H,10,19-20H2,1-7H3;2*1H3;/q;;;;+2/p-2. The Labute approximate surface area is 498 Å². The van der Waals surface area contributed by atoms with Gasteiger partial charge in [0.25, 0.3) is 0 Å². The third-order valence-corrected chi connectivity index (χ3v) is 14.1. The summed E-state index contributed by atoms with van der Waals surface area (Å²) in [5, 5.41) is 35.0. The molecule has 0 amide bonds. The molecule has 0 spiro atoms. The first-order chi connectivity index (χ1) is 38.6. The summed E-state index contributed by atoms with van der Waals surface area (Å²) in [4.78, 5) is 4.66. The van der Waals surface area contributed by atoms with E-state index in [1.54, 1.807) is 14.2 Å². The number of benzene rings is 8. The molecule has 81 heavy (non-hydrogen) atoms. The van der Waals surface area contributed by atoms with Crippen LogP contribution in [-0.4, -0.2) is 40.5 Å². The van der Waals surface area contributed by atoms with Crippen molar-refractivity contribution < 1.29 is 42.6 Å². The Hall–Kier alpha value is -6.65. The van der Waals surface area contributed by atoms with Gasteiger partial charge in [-0.2, -0.15) is 0 Å². The van der Waals surface area contributed by atoms with Crippen LogP contribution in [0, 0.1) is 41.5 Å². The fraction of sp³-hybridized carbons (Fsp3) is 0.333. The zero-order valence-corrected chi connectivity index (χ0v) is 54.9. The van der Waals surface area contributed by atoms with Crippen molar-refractivity contribution in [1.29, 1.82) is 0 Å². The molecule has 0 atom stereocenters. The molecule has 0 heterocycles. The maximum atomic E-state index is 13.9. The number of para-hydroxylation sites is 2. The van der Waals surface area contributed by atoms with Crippen LogP contribution < -0.4 is 30.6 Å². The predicted molar refractivity (Wildman–Crippen MR) is 340 cm³/mol. The van der Waals surface area contributed by atoms with Gasteiger partial charge in [-0.1, -0.05) is 172 Å². The van der Waals surface area contributed by atoms with E-state index in [-0.39, 0.29) is 45.2 Å². The molecule has 0 fully saturated rings. The van der Waals surface area contributed by atoms with E-state index in [2.05, 4.69) is 234 Å². The summed E-state index contributed by atoms with van der Waals surface area (Å²) in [6.45, 7) is 28.0. The Morgan fingerprint density at radius 3 is 1.07 bits per heavy atom. The first-order valence-corrected chi connectivity index (χ1v) is 35.6. The second-order valence-electron chi connectivity index (χ2n) is 23.4. The Bertz CT molecular complexity index is 3080. The normalized spacial score (nSPS) is 11.2. The van der Waals surface area contributed by atoms with Crippen molar-refractivity contribution in [2.24, 2.45) is 0 Å². The predicted octanol–water partition coefficient (Wildman–Crippen LogP) is 18.3. The van der Waals surface area contributed by atoms with Gasteiger partial charge < -0.3 is 40.1 Å². The number of ether oxygens (including phenoxy) is 2. The second-order valence-corrected chi connectivity index (χ2v) is 27.0. The molecule has 0 aromatic heterocycles. The number of nitrogens with one attached hydrogen (secondary N) is 2. The maximum absolute atomic E-state index is 13.9. The van der Waals surface area contributed by atoms with Gasteiger partial charge in [0.2, 0.25) is 0 Å². The topological polar surface area (TPSA) is 95.1 Å². The Balaban J connectivity index is 0.000000249. The second kappa shape index (κ2) is 29.4. The molecule has 0 unspecified atom stereocenters. The summed E-state index contributed by atoms with van der Waals surface area (Å²) in [5.41, 5.74) is 19.8. The third-order valence-electron chi connectivity index (χ3n) is 14.1. The van der Waals surface area contributed by atoms with Crippen molar-refractivity contribution in [2.45, 2.75) is 116 Å². The number of rotatable bonds is 18. The minimum atomic E-state index is -0.243. The van der Waals surface area contributed by atoms with Gasteiger partial charge in [0.15, 0.2) is 0 Å². The molecule has 0 aliphatic carbocycles. The van der Waals surface area contributed by atoms with Gasteiger partial charge in [-0.15, -0.1) is 0 Å². The van der Waals surface area contributed by atoms with Gasteiger partial charge in [-0.25, -0.2) is 0 Å². The molecule has 0 saturated heterocycles. The SMILES string of the molecule is COCCCN(c1cc(C)ccc1Nc1ccc(C)cc1)c1ccccc1-c1cc(C)cc(C(C)(C)C)c1[O-].COCCCN(c1cc(C)ccc1Nc1ccc(C)cc1)c1ccccc1-c1cc(C)cc(C(C)(C)C)c1[O-].[CH3][Hf+2][CH3]. The summed E-state index contributed by atoms with van der Waals surface area (Å²) in [7, 11) is 3.47. The average Bonchev–Trinajstić information content (AvgIpc) is 3.43. The van der Waals surface area contributed by atoms with E-state index in [1.807, 2.05) is 36.4 Å². The summed E-state index contributed by atoms with van der Waals surface area (Å²) in [6, 6.07) is 54.5. The number of aryl methyl sites for hydroxylation is 6. The Morgan fingerprint density at radius 1 is 0.407 bits per heavy atom. The zero-order chi connectivity index (χ0) is 59.0.